The summed E-state index contributed by atoms with van der Waals surface area (Å²) in [4.78, 5) is 39.1. The summed E-state index contributed by atoms with van der Waals surface area (Å²) in [6.07, 6.45) is 8.34. The highest BCUT2D eigenvalue weighted by molar-refractivity contribution is 5.94. The normalized spacial score (nSPS) is 19.0. The van der Waals surface area contributed by atoms with Crippen LogP contribution in [0.5, 0.6) is 0 Å². The van der Waals surface area contributed by atoms with Gasteiger partial charge in [0.25, 0.3) is 5.91 Å². The third kappa shape index (κ3) is 5.96. The Morgan fingerprint density at radius 2 is 2.00 bits per heavy atom. The lowest BCUT2D eigenvalue weighted by Gasteiger charge is -2.25. The molecule has 2 heterocycles. The molecule has 172 valence electrons. The van der Waals surface area contributed by atoms with Crippen LogP contribution in [0.4, 0.5) is 5.82 Å². The van der Waals surface area contributed by atoms with Crippen LogP contribution < -0.4 is 5.32 Å². The molecule has 0 unspecified atom stereocenters. The van der Waals surface area contributed by atoms with E-state index in [1.807, 2.05) is 61.0 Å². The van der Waals surface area contributed by atoms with Crippen molar-refractivity contribution in [1.29, 1.82) is 0 Å². The van der Waals surface area contributed by atoms with Gasteiger partial charge < -0.3 is 20.0 Å². The fraction of sp³-hybridized carbons (Fsp3) is 0.500. The van der Waals surface area contributed by atoms with Gasteiger partial charge in [0.1, 0.15) is 11.6 Å². The Balaban J connectivity index is 1.51. The largest absolute Gasteiger partial charge is 0.366 e. The molecule has 1 saturated carbocycles. The highest BCUT2D eigenvalue weighted by Gasteiger charge is 2.37. The second kappa shape index (κ2) is 10.4. The van der Waals surface area contributed by atoms with E-state index in [9.17, 15) is 9.59 Å². The molecule has 1 aromatic heterocycles. The summed E-state index contributed by atoms with van der Waals surface area (Å²) in [5.74, 6) is 1.89. The number of nitrogens with one attached hydrogen (secondary N) is 1. The quantitative estimate of drug-likeness (QED) is 0.474. The van der Waals surface area contributed by atoms with E-state index in [-0.39, 0.29) is 23.8 Å². The van der Waals surface area contributed by atoms with Crippen LogP contribution in [0.15, 0.2) is 46.9 Å². The maximum Gasteiger partial charge on any atom is 0.255 e. The average Bonchev–Trinajstić information content (AvgIpc) is 3.53. The lowest BCUT2D eigenvalue weighted by Crippen LogP contribution is -2.40. The Bertz CT molecular complexity index is 902. The predicted octanol–water partition coefficient (Wildman–Crippen LogP) is 2.63. The molecule has 32 heavy (non-hydrogen) atoms. The molecule has 0 radical (unpaired) electrons. The van der Waals surface area contributed by atoms with E-state index >= 15 is 0 Å². The number of amides is 2. The summed E-state index contributed by atoms with van der Waals surface area (Å²) in [6.45, 7) is 7.47. The van der Waals surface area contributed by atoms with Gasteiger partial charge in [0.15, 0.2) is 0 Å². The topological polar surface area (TPSA) is 81.1 Å². The minimum absolute atomic E-state index is 0.0341. The van der Waals surface area contributed by atoms with Crippen LogP contribution in [-0.4, -0.2) is 85.0 Å². The highest BCUT2D eigenvalue weighted by atomic mass is 16.2. The Morgan fingerprint density at radius 3 is 2.59 bits per heavy atom. The molecular formula is C24H34N6O2. The van der Waals surface area contributed by atoms with Crippen molar-refractivity contribution in [3.8, 4) is 0 Å². The van der Waals surface area contributed by atoms with Crippen LogP contribution >= 0.6 is 0 Å². The monoisotopic (exact) mass is 438 g/mol. The van der Waals surface area contributed by atoms with E-state index in [1.54, 1.807) is 12.3 Å². The standard InChI is InChI=1S/C24H34N6O2/c1-17(6-11-22(25-2)28(3)4)14-26-21-10-9-19(15-27-21)24(32)30-13-12-20(16-30)29(5)23(31)18-7-8-18/h6,9-11,15,18,20H,2,7-8,12-14,16H2,1,3-5H3,(H,26,27)/b17-6+,22-11+/t20-/m0/s1. The molecule has 0 spiro atoms. The van der Waals surface area contributed by atoms with Gasteiger partial charge in [0.2, 0.25) is 5.91 Å². The van der Waals surface area contributed by atoms with E-state index in [0.717, 1.165) is 30.7 Å². The molecule has 1 N–H and O–H groups in total. The zero-order valence-corrected chi connectivity index (χ0v) is 19.5. The van der Waals surface area contributed by atoms with Crippen molar-refractivity contribution in [2.75, 3.05) is 46.1 Å². The van der Waals surface area contributed by atoms with Crippen LogP contribution in [0.1, 0.15) is 36.5 Å². The van der Waals surface area contributed by atoms with Gasteiger partial charge in [0, 0.05) is 52.9 Å². The minimum Gasteiger partial charge on any atom is -0.366 e. The molecule has 0 bridgehead atoms. The number of hydrogen-bond donors (Lipinski definition) is 1. The van der Waals surface area contributed by atoms with E-state index in [1.165, 1.54) is 0 Å². The van der Waals surface area contributed by atoms with Crippen LogP contribution in [-0.2, 0) is 4.79 Å². The Hall–Kier alpha value is -3.16. The molecule has 1 aliphatic carbocycles. The molecule has 3 rings (SSSR count). The lowest BCUT2D eigenvalue weighted by atomic mass is 10.2. The first-order chi connectivity index (χ1) is 15.3. The number of anilines is 1. The highest BCUT2D eigenvalue weighted by Crippen LogP contribution is 2.32. The molecule has 2 aliphatic rings. The van der Waals surface area contributed by atoms with Crippen LogP contribution in [0, 0.1) is 5.92 Å². The number of carbonyl (C=O) groups is 2. The van der Waals surface area contributed by atoms with Crippen molar-refractivity contribution in [3.05, 3.63) is 47.4 Å². The Labute approximate surface area is 190 Å². The third-order valence-electron chi connectivity index (χ3n) is 5.97. The second-order valence-corrected chi connectivity index (χ2v) is 8.79. The maximum absolute atomic E-state index is 12.9. The number of nitrogens with zero attached hydrogens (tertiary/aromatic N) is 5. The molecular weight excluding hydrogens is 404 g/mol. The zero-order chi connectivity index (χ0) is 23.3. The number of likely N-dealkylation sites (tertiary alicyclic amines) is 1. The fourth-order valence-corrected chi connectivity index (χ4v) is 3.70. The molecule has 2 amide bonds. The van der Waals surface area contributed by atoms with Gasteiger partial charge in [-0.25, -0.2) is 9.98 Å². The van der Waals surface area contributed by atoms with Crippen molar-refractivity contribution >= 4 is 24.3 Å². The predicted molar refractivity (Wildman–Crippen MR) is 128 cm³/mol. The smallest absolute Gasteiger partial charge is 0.255 e. The van der Waals surface area contributed by atoms with E-state index in [4.69, 9.17) is 0 Å². The van der Waals surface area contributed by atoms with Gasteiger partial charge in [-0.3, -0.25) is 9.59 Å². The molecule has 8 nitrogen and oxygen atoms in total. The molecule has 8 heteroatoms. The molecule has 1 aliphatic heterocycles. The number of rotatable bonds is 9. The number of aromatic nitrogens is 1. The minimum atomic E-state index is -0.0341. The summed E-state index contributed by atoms with van der Waals surface area (Å²) in [5, 5.41) is 3.26. The SMILES string of the molecule is C=N/C(=C\C=C(/C)CNc1ccc(C(=O)N2CC[C@H](N(C)C(=O)C3CC3)C2)cn1)N(C)C. The van der Waals surface area contributed by atoms with Crippen LogP contribution in [0.25, 0.3) is 0 Å². The van der Waals surface area contributed by atoms with E-state index in [0.29, 0.717) is 31.0 Å². The summed E-state index contributed by atoms with van der Waals surface area (Å²) < 4.78 is 0. The number of pyridine rings is 1. The van der Waals surface area contributed by atoms with Crippen LogP contribution in [0.3, 0.4) is 0 Å². The van der Waals surface area contributed by atoms with Gasteiger partial charge in [0.05, 0.1) is 11.6 Å². The van der Waals surface area contributed by atoms with E-state index < -0.39 is 0 Å². The van der Waals surface area contributed by atoms with Gasteiger partial charge >= 0.3 is 0 Å². The number of hydrogen-bond acceptors (Lipinski definition) is 6. The summed E-state index contributed by atoms with van der Waals surface area (Å²) >= 11 is 0. The Kier molecular flexibility index (Phi) is 7.66. The fourth-order valence-electron chi connectivity index (χ4n) is 3.70. The summed E-state index contributed by atoms with van der Waals surface area (Å²) in [7, 11) is 5.70. The van der Waals surface area contributed by atoms with Crippen molar-refractivity contribution in [3.63, 3.8) is 0 Å². The van der Waals surface area contributed by atoms with E-state index in [2.05, 4.69) is 22.0 Å². The number of likely N-dealkylation sites (N-methyl/N-ethyl adjacent to an activating group) is 1. The molecule has 2 fully saturated rings. The van der Waals surface area contributed by atoms with Crippen molar-refractivity contribution in [2.45, 2.75) is 32.2 Å². The van der Waals surface area contributed by atoms with Crippen molar-refractivity contribution in [1.82, 2.24) is 19.7 Å². The molecule has 0 aromatic carbocycles. The number of carbonyl (C=O) groups excluding carboxylic acids is 2. The summed E-state index contributed by atoms with van der Waals surface area (Å²) in [6, 6.07) is 3.73. The Morgan fingerprint density at radius 1 is 1.25 bits per heavy atom. The molecule has 1 aromatic rings. The van der Waals surface area contributed by atoms with Gasteiger partial charge in [-0.15, -0.1) is 0 Å². The van der Waals surface area contributed by atoms with Gasteiger partial charge in [-0.1, -0.05) is 11.6 Å². The number of allylic oxidation sites excluding steroid dienone is 2. The first kappa shape index (κ1) is 23.5. The lowest BCUT2D eigenvalue weighted by molar-refractivity contribution is -0.133. The number of aliphatic imine (C=N–C) groups is 1. The van der Waals surface area contributed by atoms with Crippen molar-refractivity contribution in [2.24, 2.45) is 10.9 Å². The first-order valence-corrected chi connectivity index (χ1v) is 11.1. The molecule has 1 atom stereocenters. The first-order valence-electron chi connectivity index (χ1n) is 11.1. The average molecular weight is 439 g/mol. The zero-order valence-electron chi connectivity index (χ0n) is 19.5. The molecule has 1 saturated heterocycles. The van der Waals surface area contributed by atoms with Crippen LogP contribution in [0.2, 0.25) is 0 Å². The van der Waals surface area contributed by atoms with Gasteiger partial charge in [-0.2, -0.15) is 0 Å². The summed E-state index contributed by atoms with van der Waals surface area (Å²) in [5.41, 5.74) is 1.68. The van der Waals surface area contributed by atoms with Gasteiger partial charge in [-0.05, 0) is 51.1 Å². The second-order valence-electron chi connectivity index (χ2n) is 8.79. The van der Waals surface area contributed by atoms with Crippen molar-refractivity contribution < 1.29 is 9.59 Å². The maximum atomic E-state index is 12.9. The third-order valence-corrected chi connectivity index (χ3v) is 5.97.